The molecule has 1 aliphatic rings. The second-order valence-electron chi connectivity index (χ2n) is 5.39. The first-order valence-corrected chi connectivity index (χ1v) is 6.51. The quantitative estimate of drug-likeness (QED) is 0.762. The fourth-order valence-corrected chi connectivity index (χ4v) is 2.14. The number of carbonyl (C=O) groups is 1. The number of amides is 1. The van der Waals surface area contributed by atoms with E-state index in [1.54, 1.807) is 0 Å². The van der Waals surface area contributed by atoms with Crippen LogP contribution < -0.4 is 5.73 Å². The second-order valence-corrected chi connectivity index (χ2v) is 5.83. The van der Waals surface area contributed by atoms with Crippen LogP contribution in [0.1, 0.15) is 27.7 Å². The van der Waals surface area contributed by atoms with E-state index in [0.29, 0.717) is 4.99 Å². The normalized spacial score (nSPS) is 18.5. The Hall–Kier alpha value is -0.680. The van der Waals surface area contributed by atoms with E-state index in [4.69, 9.17) is 18.0 Å². The third-order valence-corrected chi connectivity index (χ3v) is 3.98. The molecule has 0 bridgehead atoms. The number of nitrogens with zero attached hydrogens (tertiary/aromatic N) is 2. The van der Waals surface area contributed by atoms with Gasteiger partial charge < -0.3 is 10.6 Å². The van der Waals surface area contributed by atoms with Crippen LogP contribution in [0.4, 0.5) is 0 Å². The van der Waals surface area contributed by atoms with Crippen LogP contribution in [0.5, 0.6) is 0 Å². The molecule has 4 nitrogen and oxygen atoms in total. The van der Waals surface area contributed by atoms with Crippen LogP contribution in [0.3, 0.4) is 0 Å². The van der Waals surface area contributed by atoms with E-state index in [2.05, 4.69) is 4.90 Å². The Balaban J connectivity index is 2.57. The Morgan fingerprint density at radius 3 is 2.06 bits per heavy atom. The van der Waals surface area contributed by atoms with Crippen molar-refractivity contribution in [3.8, 4) is 0 Å². The van der Waals surface area contributed by atoms with Gasteiger partial charge in [-0.1, -0.05) is 26.1 Å². The molecule has 0 saturated carbocycles. The SMILES string of the molecule is CC(C)C(=O)N1CCN(C(C)(C)C(N)=S)CC1. The first-order valence-electron chi connectivity index (χ1n) is 6.10. The average molecular weight is 257 g/mol. The molecule has 0 spiro atoms. The minimum absolute atomic E-state index is 0.0742. The van der Waals surface area contributed by atoms with Gasteiger partial charge in [0.15, 0.2) is 0 Å². The van der Waals surface area contributed by atoms with Crippen molar-refractivity contribution in [2.45, 2.75) is 33.2 Å². The molecule has 0 aliphatic carbocycles. The molecule has 1 saturated heterocycles. The molecule has 1 fully saturated rings. The Morgan fingerprint density at radius 1 is 1.24 bits per heavy atom. The van der Waals surface area contributed by atoms with E-state index in [1.807, 2.05) is 32.6 Å². The summed E-state index contributed by atoms with van der Waals surface area (Å²) in [4.78, 5) is 16.5. The molecular formula is C12H23N3OS. The number of thiocarbonyl (C=S) groups is 1. The summed E-state index contributed by atoms with van der Waals surface area (Å²) in [7, 11) is 0. The molecule has 1 amide bonds. The maximum absolute atomic E-state index is 11.8. The molecule has 17 heavy (non-hydrogen) atoms. The number of carbonyl (C=O) groups excluding carboxylic acids is 1. The number of hydrogen-bond acceptors (Lipinski definition) is 3. The molecule has 0 aromatic rings. The van der Waals surface area contributed by atoms with Crippen molar-refractivity contribution in [3.05, 3.63) is 0 Å². The molecule has 0 aromatic carbocycles. The lowest BCUT2D eigenvalue weighted by atomic mass is 10.0. The summed E-state index contributed by atoms with van der Waals surface area (Å²) in [5, 5.41) is 0. The van der Waals surface area contributed by atoms with E-state index in [9.17, 15) is 4.79 Å². The monoisotopic (exact) mass is 257 g/mol. The summed E-state index contributed by atoms with van der Waals surface area (Å²) in [6, 6.07) is 0. The molecular weight excluding hydrogens is 234 g/mol. The Bertz CT molecular complexity index is 307. The van der Waals surface area contributed by atoms with Crippen LogP contribution in [0.2, 0.25) is 0 Å². The molecule has 0 radical (unpaired) electrons. The van der Waals surface area contributed by atoms with Gasteiger partial charge in [0.25, 0.3) is 0 Å². The van der Waals surface area contributed by atoms with Gasteiger partial charge in [-0.3, -0.25) is 9.69 Å². The summed E-state index contributed by atoms with van der Waals surface area (Å²) in [6.45, 7) is 11.2. The van der Waals surface area contributed by atoms with Crippen LogP contribution in [0.25, 0.3) is 0 Å². The maximum Gasteiger partial charge on any atom is 0.225 e. The van der Waals surface area contributed by atoms with E-state index < -0.39 is 0 Å². The maximum atomic E-state index is 11.8. The van der Waals surface area contributed by atoms with Gasteiger partial charge in [-0.15, -0.1) is 0 Å². The highest BCUT2D eigenvalue weighted by Crippen LogP contribution is 2.18. The van der Waals surface area contributed by atoms with Gasteiger partial charge in [-0.25, -0.2) is 0 Å². The van der Waals surface area contributed by atoms with Gasteiger partial charge in [-0.2, -0.15) is 0 Å². The van der Waals surface area contributed by atoms with Gasteiger partial charge in [0.1, 0.15) is 0 Å². The number of rotatable bonds is 3. The van der Waals surface area contributed by atoms with Crippen LogP contribution in [0, 0.1) is 5.92 Å². The topological polar surface area (TPSA) is 49.6 Å². The standard InChI is InChI=1S/C12H23N3OS/c1-9(2)10(16)14-5-7-15(8-6-14)12(3,4)11(13)17/h9H,5-8H2,1-4H3,(H2,13,17). The molecule has 2 N–H and O–H groups in total. The number of piperazine rings is 1. The first kappa shape index (κ1) is 14.4. The third kappa shape index (κ3) is 3.16. The van der Waals surface area contributed by atoms with Crippen molar-refractivity contribution < 1.29 is 4.79 Å². The minimum atomic E-state index is -0.262. The van der Waals surface area contributed by atoms with Gasteiger partial charge in [-0.05, 0) is 13.8 Å². The minimum Gasteiger partial charge on any atom is -0.392 e. The van der Waals surface area contributed by atoms with Crippen molar-refractivity contribution in [3.63, 3.8) is 0 Å². The third-order valence-electron chi connectivity index (χ3n) is 3.48. The first-order chi connectivity index (χ1) is 7.76. The number of nitrogens with two attached hydrogens (primary N) is 1. The van der Waals surface area contributed by atoms with Crippen LogP contribution >= 0.6 is 12.2 Å². The molecule has 0 aromatic heterocycles. The molecule has 0 unspecified atom stereocenters. The summed E-state index contributed by atoms with van der Waals surface area (Å²) < 4.78 is 0. The summed E-state index contributed by atoms with van der Waals surface area (Å²) in [5.74, 6) is 0.308. The Labute approximate surface area is 109 Å². The Morgan fingerprint density at radius 2 is 1.71 bits per heavy atom. The van der Waals surface area contributed by atoms with Crippen molar-refractivity contribution in [1.82, 2.24) is 9.80 Å². The zero-order valence-electron chi connectivity index (χ0n) is 11.2. The average Bonchev–Trinajstić information content (AvgIpc) is 2.27. The zero-order chi connectivity index (χ0) is 13.2. The highest BCUT2D eigenvalue weighted by molar-refractivity contribution is 7.80. The zero-order valence-corrected chi connectivity index (χ0v) is 12.0. The largest absolute Gasteiger partial charge is 0.392 e. The summed E-state index contributed by atoms with van der Waals surface area (Å²) in [6.07, 6.45) is 0. The molecule has 5 heteroatoms. The molecule has 1 heterocycles. The molecule has 1 rings (SSSR count). The highest BCUT2D eigenvalue weighted by Gasteiger charge is 2.33. The molecule has 1 aliphatic heterocycles. The summed E-state index contributed by atoms with van der Waals surface area (Å²) in [5.41, 5.74) is 5.49. The van der Waals surface area contributed by atoms with Gasteiger partial charge >= 0.3 is 0 Å². The van der Waals surface area contributed by atoms with Crippen molar-refractivity contribution in [1.29, 1.82) is 0 Å². The predicted octanol–water partition coefficient (Wildman–Crippen LogP) is 0.851. The lowest BCUT2D eigenvalue weighted by Gasteiger charge is -2.43. The molecule has 98 valence electrons. The van der Waals surface area contributed by atoms with E-state index in [0.717, 1.165) is 26.2 Å². The fourth-order valence-electron chi connectivity index (χ4n) is 2.01. The van der Waals surface area contributed by atoms with Crippen molar-refractivity contribution >= 4 is 23.1 Å². The fraction of sp³-hybridized carbons (Fsp3) is 0.833. The van der Waals surface area contributed by atoms with E-state index >= 15 is 0 Å². The lowest BCUT2D eigenvalue weighted by molar-refractivity contribution is -0.136. The van der Waals surface area contributed by atoms with Gasteiger partial charge in [0.2, 0.25) is 5.91 Å². The number of hydrogen-bond donors (Lipinski definition) is 1. The lowest BCUT2D eigenvalue weighted by Crippen LogP contribution is -2.60. The van der Waals surface area contributed by atoms with E-state index in [1.165, 1.54) is 0 Å². The molecule has 0 atom stereocenters. The van der Waals surface area contributed by atoms with Crippen molar-refractivity contribution in [2.75, 3.05) is 26.2 Å². The van der Waals surface area contributed by atoms with Gasteiger partial charge in [0, 0.05) is 32.1 Å². The van der Waals surface area contributed by atoms with Crippen LogP contribution in [-0.2, 0) is 4.79 Å². The van der Waals surface area contributed by atoms with Crippen LogP contribution in [-0.4, -0.2) is 52.4 Å². The smallest absolute Gasteiger partial charge is 0.225 e. The Kier molecular flexibility index (Phi) is 4.49. The van der Waals surface area contributed by atoms with Crippen molar-refractivity contribution in [2.24, 2.45) is 11.7 Å². The predicted molar refractivity (Wildman–Crippen MR) is 73.9 cm³/mol. The second kappa shape index (κ2) is 5.31. The summed E-state index contributed by atoms with van der Waals surface area (Å²) >= 11 is 5.09. The van der Waals surface area contributed by atoms with Gasteiger partial charge in [0.05, 0.1) is 10.5 Å². The van der Waals surface area contributed by atoms with Crippen LogP contribution in [0.15, 0.2) is 0 Å². The highest BCUT2D eigenvalue weighted by atomic mass is 32.1. The van der Waals surface area contributed by atoms with E-state index in [-0.39, 0.29) is 17.4 Å².